The molecule has 0 saturated carbocycles. The number of rotatable bonds is 14. The molecule has 0 fully saturated rings. The molecule has 0 aliphatic rings. The zero-order valence-electron chi connectivity index (χ0n) is 27.4. The number of hydrogen-bond donors (Lipinski definition) is 0. The normalized spacial score (nSPS) is 11.7. The van der Waals surface area contributed by atoms with Gasteiger partial charge in [-0.1, -0.05) is 61.9 Å². The van der Waals surface area contributed by atoms with Crippen LogP contribution in [0.15, 0.2) is 79.4 Å². The van der Waals surface area contributed by atoms with Gasteiger partial charge in [-0.05, 0) is 87.8 Å². The number of unbranched alkanes of at least 4 members (excludes halogenated alkanes) is 3. The highest BCUT2D eigenvalue weighted by molar-refractivity contribution is 5.97. The summed E-state index contributed by atoms with van der Waals surface area (Å²) in [6, 6.07) is 20.3. The van der Waals surface area contributed by atoms with Gasteiger partial charge in [0.05, 0.1) is 24.0 Å². The lowest BCUT2D eigenvalue weighted by molar-refractivity contribution is 0.00704. The van der Waals surface area contributed by atoms with Gasteiger partial charge in [-0.3, -0.25) is 0 Å². The lowest BCUT2D eigenvalue weighted by atomic mass is 9.98. The van der Waals surface area contributed by atoms with E-state index in [-0.39, 0.29) is 5.97 Å². The van der Waals surface area contributed by atoms with Crippen molar-refractivity contribution >= 4 is 17.0 Å². The minimum absolute atomic E-state index is 0.311. The van der Waals surface area contributed by atoms with Gasteiger partial charge in [0.1, 0.15) is 22.7 Å². The Morgan fingerprint density at radius 3 is 2.47 bits per heavy atom. The van der Waals surface area contributed by atoms with Crippen molar-refractivity contribution in [3.05, 3.63) is 102 Å². The van der Waals surface area contributed by atoms with E-state index in [1.54, 1.807) is 0 Å². The Morgan fingerprint density at radius 2 is 1.73 bits per heavy atom. The van der Waals surface area contributed by atoms with Crippen LogP contribution in [0.2, 0.25) is 0 Å². The maximum Gasteiger partial charge on any atom is 0.339 e. The smallest absolute Gasteiger partial charge is 0.339 e. The van der Waals surface area contributed by atoms with Gasteiger partial charge in [-0.15, -0.1) is 0 Å². The van der Waals surface area contributed by atoms with Crippen LogP contribution >= 0.6 is 0 Å². The zero-order chi connectivity index (χ0) is 31.8. The summed E-state index contributed by atoms with van der Waals surface area (Å²) in [5, 5.41) is 0. The number of esters is 1. The predicted octanol–water partition coefficient (Wildman–Crippen LogP) is 8.80. The molecule has 0 bridgehead atoms. The van der Waals surface area contributed by atoms with Crippen LogP contribution in [0.4, 0.5) is 0 Å². The van der Waals surface area contributed by atoms with Crippen LogP contribution in [0.5, 0.6) is 5.75 Å². The Bertz CT molecular complexity index is 1700. The first-order valence-corrected chi connectivity index (χ1v) is 16.2. The number of carbonyl (C=O) groups is 1. The predicted molar refractivity (Wildman–Crippen MR) is 181 cm³/mol. The van der Waals surface area contributed by atoms with Crippen molar-refractivity contribution in [1.82, 2.24) is 19.1 Å². The quantitative estimate of drug-likeness (QED) is 0.0933. The maximum absolute atomic E-state index is 13.0. The van der Waals surface area contributed by atoms with Gasteiger partial charge in [0.2, 0.25) is 0 Å². The van der Waals surface area contributed by atoms with E-state index >= 15 is 0 Å². The summed E-state index contributed by atoms with van der Waals surface area (Å²) in [4.78, 5) is 22.2. The standard InChI is InChI=1S/C38H46N4O3/c1-6-7-15-34-40-35-28(2)16-21-33(44-25-12-8-11-23-41-24-22-39-27-41)36(35)42(34)26-29-17-19-30(20-18-29)31-13-9-10-14-32(31)37(43)45-38(3,4)5/h9-10,13-14,16-22,24,27H,6-8,11-12,15,23,25-26H2,1-5H3. The molecule has 0 saturated heterocycles. The molecule has 0 radical (unpaired) electrons. The minimum Gasteiger partial charge on any atom is -0.491 e. The largest absolute Gasteiger partial charge is 0.491 e. The van der Waals surface area contributed by atoms with Crippen molar-refractivity contribution in [3.8, 4) is 16.9 Å². The molecule has 0 spiro atoms. The van der Waals surface area contributed by atoms with Crippen molar-refractivity contribution in [2.24, 2.45) is 0 Å². The summed E-state index contributed by atoms with van der Waals surface area (Å²) < 4.78 is 16.6. The molecule has 0 amide bonds. The number of nitrogens with zero attached hydrogens (tertiary/aromatic N) is 4. The molecule has 236 valence electrons. The summed E-state index contributed by atoms with van der Waals surface area (Å²) in [6.45, 7) is 12.3. The molecule has 0 unspecified atom stereocenters. The molecular formula is C38H46N4O3. The minimum atomic E-state index is -0.557. The zero-order valence-corrected chi connectivity index (χ0v) is 27.4. The van der Waals surface area contributed by atoms with Crippen LogP contribution in [0, 0.1) is 6.92 Å². The third-order valence-electron chi connectivity index (χ3n) is 7.92. The molecular weight excluding hydrogens is 560 g/mol. The summed E-state index contributed by atoms with van der Waals surface area (Å²) in [6.07, 6.45) is 12.0. The van der Waals surface area contributed by atoms with Crippen molar-refractivity contribution in [2.45, 2.75) is 91.8 Å². The van der Waals surface area contributed by atoms with Crippen molar-refractivity contribution in [1.29, 1.82) is 0 Å². The highest BCUT2D eigenvalue weighted by atomic mass is 16.6. The second-order valence-corrected chi connectivity index (χ2v) is 12.7. The second kappa shape index (κ2) is 14.6. The van der Waals surface area contributed by atoms with E-state index in [4.69, 9.17) is 14.5 Å². The molecule has 2 heterocycles. The Balaban J connectivity index is 1.36. The van der Waals surface area contributed by atoms with E-state index in [0.29, 0.717) is 18.7 Å². The summed E-state index contributed by atoms with van der Waals surface area (Å²) in [5.74, 6) is 1.67. The third kappa shape index (κ3) is 8.21. The SMILES string of the molecule is CCCCc1nc2c(C)ccc(OCCCCCn3ccnc3)c2n1Cc1ccc(-c2ccccc2C(=O)OC(C)(C)C)cc1. The first kappa shape index (κ1) is 32.0. The fraction of sp³-hybridized carbons (Fsp3) is 0.395. The monoisotopic (exact) mass is 606 g/mol. The number of imidazole rings is 2. The van der Waals surface area contributed by atoms with Crippen molar-refractivity contribution < 1.29 is 14.3 Å². The topological polar surface area (TPSA) is 71.2 Å². The van der Waals surface area contributed by atoms with Gasteiger partial charge in [0, 0.05) is 31.9 Å². The molecule has 5 rings (SSSR count). The van der Waals surface area contributed by atoms with Crippen LogP contribution in [-0.2, 0) is 24.2 Å². The van der Waals surface area contributed by atoms with Crippen LogP contribution in [0.3, 0.4) is 0 Å². The number of aromatic nitrogens is 4. The van der Waals surface area contributed by atoms with E-state index in [1.165, 1.54) is 0 Å². The molecule has 45 heavy (non-hydrogen) atoms. The fourth-order valence-corrected chi connectivity index (χ4v) is 5.59. The van der Waals surface area contributed by atoms with Gasteiger partial charge >= 0.3 is 5.97 Å². The van der Waals surface area contributed by atoms with Gasteiger partial charge in [-0.25, -0.2) is 14.8 Å². The third-order valence-corrected chi connectivity index (χ3v) is 7.92. The molecule has 2 aromatic heterocycles. The van der Waals surface area contributed by atoms with Crippen LogP contribution < -0.4 is 4.74 Å². The number of hydrogen-bond acceptors (Lipinski definition) is 5. The van der Waals surface area contributed by atoms with Gasteiger partial charge in [-0.2, -0.15) is 0 Å². The Morgan fingerprint density at radius 1 is 0.933 bits per heavy atom. The van der Waals surface area contributed by atoms with Crippen LogP contribution in [0.25, 0.3) is 22.2 Å². The first-order chi connectivity index (χ1) is 21.7. The number of ether oxygens (including phenoxy) is 2. The molecule has 7 nitrogen and oxygen atoms in total. The number of carbonyl (C=O) groups excluding carboxylic acids is 1. The highest BCUT2D eigenvalue weighted by Crippen LogP contribution is 2.32. The Labute approximate surface area is 267 Å². The van der Waals surface area contributed by atoms with Gasteiger partial charge < -0.3 is 18.6 Å². The summed E-state index contributed by atoms with van der Waals surface area (Å²) in [5.41, 5.74) is 6.27. The summed E-state index contributed by atoms with van der Waals surface area (Å²) in [7, 11) is 0. The van der Waals surface area contributed by atoms with E-state index in [2.05, 4.69) is 64.4 Å². The van der Waals surface area contributed by atoms with E-state index < -0.39 is 5.60 Å². The van der Waals surface area contributed by atoms with Crippen molar-refractivity contribution in [2.75, 3.05) is 6.61 Å². The number of benzene rings is 3. The van der Waals surface area contributed by atoms with Crippen LogP contribution in [-0.4, -0.2) is 37.3 Å². The van der Waals surface area contributed by atoms with Crippen LogP contribution in [0.1, 0.15) is 87.1 Å². The molecule has 0 aliphatic carbocycles. The number of fused-ring (bicyclic) bond motifs is 1. The Hall–Kier alpha value is -4.39. The van der Waals surface area contributed by atoms with Gasteiger partial charge in [0.15, 0.2) is 0 Å². The summed E-state index contributed by atoms with van der Waals surface area (Å²) >= 11 is 0. The molecule has 0 aliphatic heterocycles. The van der Waals surface area contributed by atoms with Gasteiger partial charge in [0.25, 0.3) is 0 Å². The number of aryl methyl sites for hydroxylation is 3. The Kier molecular flexibility index (Phi) is 10.4. The highest BCUT2D eigenvalue weighted by Gasteiger charge is 2.21. The first-order valence-electron chi connectivity index (χ1n) is 16.2. The average molecular weight is 607 g/mol. The van der Waals surface area contributed by atoms with E-state index in [0.717, 1.165) is 89.9 Å². The average Bonchev–Trinajstić information content (AvgIpc) is 3.67. The molecule has 0 atom stereocenters. The lowest BCUT2D eigenvalue weighted by Crippen LogP contribution is -2.24. The molecule has 7 heteroatoms. The van der Waals surface area contributed by atoms with Crippen molar-refractivity contribution in [3.63, 3.8) is 0 Å². The maximum atomic E-state index is 13.0. The lowest BCUT2D eigenvalue weighted by Gasteiger charge is -2.20. The van der Waals surface area contributed by atoms with E-state index in [9.17, 15) is 4.79 Å². The molecule has 0 N–H and O–H groups in total. The fourth-order valence-electron chi connectivity index (χ4n) is 5.59. The molecule has 5 aromatic rings. The van der Waals surface area contributed by atoms with E-state index in [1.807, 2.05) is 63.8 Å². The second-order valence-electron chi connectivity index (χ2n) is 12.7. The molecule has 3 aromatic carbocycles.